The van der Waals surface area contributed by atoms with Crippen LogP contribution in [0.25, 0.3) is 27.5 Å². The lowest BCUT2D eigenvalue weighted by Crippen LogP contribution is -2.11. The summed E-state index contributed by atoms with van der Waals surface area (Å²) in [6.45, 7) is 4.30. The predicted octanol–water partition coefficient (Wildman–Crippen LogP) is 6.82. The van der Waals surface area contributed by atoms with Gasteiger partial charge in [-0.05, 0) is 42.0 Å². The Kier molecular flexibility index (Phi) is 3.29. The summed E-state index contributed by atoms with van der Waals surface area (Å²) >= 11 is 0. The summed E-state index contributed by atoms with van der Waals surface area (Å²) in [7, 11) is 0. The molecule has 26 heavy (non-hydrogen) atoms. The van der Waals surface area contributed by atoms with Crippen molar-refractivity contribution in [2.75, 3.05) is 4.90 Å². The molecule has 0 saturated carbocycles. The quantitative estimate of drug-likeness (QED) is 0.379. The third kappa shape index (κ3) is 2.20. The van der Waals surface area contributed by atoms with Crippen LogP contribution in [-0.2, 0) is 0 Å². The Labute approximate surface area is 152 Å². The summed E-state index contributed by atoms with van der Waals surface area (Å²) in [6, 6.07) is 22.8. The van der Waals surface area contributed by atoms with Crippen LogP contribution in [0.1, 0.15) is 5.56 Å². The van der Waals surface area contributed by atoms with Crippen molar-refractivity contribution in [3.05, 3.63) is 103 Å². The molecule has 2 heteroatoms. The summed E-state index contributed by atoms with van der Waals surface area (Å²) in [4.78, 5) is 2.18. The van der Waals surface area contributed by atoms with Crippen LogP contribution in [-0.4, -0.2) is 0 Å². The summed E-state index contributed by atoms with van der Waals surface area (Å²) in [6.07, 6.45) is 8.16. The van der Waals surface area contributed by atoms with Gasteiger partial charge >= 0.3 is 0 Å². The number of furan rings is 1. The van der Waals surface area contributed by atoms with Gasteiger partial charge in [0.1, 0.15) is 11.2 Å². The molecule has 0 spiro atoms. The van der Waals surface area contributed by atoms with Gasteiger partial charge in [0.05, 0.1) is 5.69 Å². The fourth-order valence-corrected chi connectivity index (χ4v) is 3.57. The van der Waals surface area contributed by atoms with Gasteiger partial charge in [0.25, 0.3) is 0 Å². The minimum absolute atomic E-state index is 0.884. The van der Waals surface area contributed by atoms with Crippen molar-refractivity contribution >= 4 is 38.9 Å². The number of nitrogens with zero attached hydrogens (tertiary/aromatic N) is 1. The molecule has 0 radical (unpaired) electrons. The van der Waals surface area contributed by atoms with Crippen LogP contribution in [0, 0.1) is 0 Å². The Balaban J connectivity index is 1.86. The van der Waals surface area contributed by atoms with Crippen molar-refractivity contribution in [3.8, 4) is 0 Å². The molecule has 0 unspecified atom stereocenters. The number of allylic oxidation sites excluding steroid dienone is 4. The fraction of sp³-hybridized carbons (Fsp3) is 0. The molecule has 0 amide bonds. The molecule has 0 saturated heterocycles. The van der Waals surface area contributed by atoms with Gasteiger partial charge in [0.2, 0.25) is 0 Å². The van der Waals surface area contributed by atoms with Crippen LogP contribution in [0.3, 0.4) is 0 Å². The zero-order chi connectivity index (χ0) is 17.5. The predicted molar refractivity (Wildman–Crippen MR) is 110 cm³/mol. The van der Waals surface area contributed by atoms with Gasteiger partial charge in [0, 0.05) is 28.2 Å². The molecule has 4 aromatic rings. The van der Waals surface area contributed by atoms with Crippen molar-refractivity contribution in [3.63, 3.8) is 0 Å². The molecular formula is C24H17NO. The highest BCUT2D eigenvalue weighted by molar-refractivity contribution is 6.11. The third-order valence-electron chi connectivity index (χ3n) is 4.78. The van der Waals surface area contributed by atoms with Crippen molar-refractivity contribution in [2.24, 2.45) is 0 Å². The summed E-state index contributed by atoms with van der Waals surface area (Å²) < 4.78 is 6.26. The molecule has 0 aliphatic carbocycles. The van der Waals surface area contributed by atoms with E-state index < -0.39 is 0 Å². The van der Waals surface area contributed by atoms with Gasteiger partial charge in [-0.1, -0.05) is 55.1 Å². The lowest BCUT2D eigenvalue weighted by molar-refractivity contribution is 0.668. The molecule has 2 heterocycles. The van der Waals surface area contributed by atoms with Crippen LogP contribution in [0.2, 0.25) is 0 Å². The third-order valence-corrected chi connectivity index (χ3v) is 4.78. The molecule has 0 N–H and O–H groups in total. The highest BCUT2D eigenvalue weighted by Gasteiger charge is 2.20. The van der Waals surface area contributed by atoms with Gasteiger partial charge in [-0.25, -0.2) is 0 Å². The van der Waals surface area contributed by atoms with Crippen molar-refractivity contribution in [1.82, 2.24) is 0 Å². The SMILES string of the molecule is C=C1/C=C\C=C/N(c2ccccc2)c2ccc3c(oc4ccccc43)c21. The lowest BCUT2D eigenvalue weighted by Gasteiger charge is -2.25. The number of anilines is 2. The van der Waals surface area contributed by atoms with E-state index in [1.54, 1.807) is 0 Å². The van der Waals surface area contributed by atoms with Gasteiger partial charge < -0.3 is 9.32 Å². The van der Waals surface area contributed by atoms with Crippen molar-refractivity contribution in [1.29, 1.82) is 0 Å². The molecule has 0 fully saturated rings. The maximum atomic E-state index is 6.26. The van der Waals surface area contributed by atoms with E-state index in [9.17, 15) is 0 Å². The van der Waals surface area contributed by atoms with E-state index in [0.717, 1.165) is 44.4 Å². The maximum Gasteiger partial charge on any atom is 0.145 e. The highest BCUT2D eigenvalue weighted by Crippen LogP contribution is 2.42. The topological polar surface area (TPSA) is 16.4 Å². The van der Waals surface area contributed by atoms with Crippen molar-refractivity contribution in [2.45, 2.75) is 0 Å². The lowest BCUT2D eigenvalue weighted by atomic mass is 9.99. The first kappa shape index (κ1) is 14.8. The summed E-state index contributed by atoms with van der Waals surface area (Å²) in [5.74, 6) is 0. The number of hydrogen-bond donors (Lipinski definition) is 0. The van der Waals surface area contributed by atoms with Crippen molar-refractivity contribution < 1.29 is 4.42 Å². The number of fused-ring (bicyclic) bond motifs is 5. The van der Waals surface area contributed by atoms with E-state index in [1.807, 2.05) is 54.6 Å². The molecule has 1 aliphatic heterocycles. The first-order chi connectivity index (χ1) is 12.8. The van der Waals surface area contributed by atoms with E-state index >= 15 is 0 Å². The molecule has 3 aromatic carbocycles. The summed E-state index contributed by atoms with van der Waals surface area (Å²) in [5, 5.41) is 2.25. The first-order valence-electron chi connectivity index (χ1n) is 8.65. The Morgan fingerprint density at radius 1 is 0.769 bits per heavy atom. The standard InChI is InChI=1S/C24H17NO/c1-17-9-7-8-16-25(18-10-3-2-4-11-18)21-15-14-20-19-12-5-6-13-22(19)26-24(20)23(17)21/h2-16H,1H2/b9-7-,16-8-. The number of benzene rings is 3. The Bertz CT molecular complexity index is 1200. The van der Waals surface area contributed by atoms with E-state index in [-0.39, 0.29) is 0 Å². The monoisotopic (exact) mass is 335 g/mol. The second-order valence-corrected chi connectivity index (χ2v) is 6.37. The molecule has 1 aliphatic rings. The Hall–Kier alpha value is -3.52. The Morgan fingerprint density at radius 3 is 2.46 bits per heavy atom. The Morgan fingerprint density at radius 2 is 1.58 bits per heavy atom. The highest BCUT2D eigenvalue weighted by atomic mass is 16.3. The smallest absolute Gasteiger partial charge is 0.145 e. The zero-order valence-corrected chi connectivity index (χ0v) is 14.2. The molecular weight excluding hydrogens is 318 g/mol. The summed E-state index contributed by atoms with van der Waals surface area (Å²) in [5.41, 5.74) is 5.92. The maximum absolute atomic E-state index is 6.26. The molecule has 5 rings (SSSR count). The fourth-order valence-electron chi connectivity index (χ4n) is 3.57. The number of rotatable bonds is 1. The molecule has 0 bridgehead atoms. The van der Waals surface area contributed by atoms with Gasteiger partial charge in [0.15, 0.2) is 0 Å². The van der Waals surface area contributed by atoms with E-state index in [4.69, 9.17) is 4.42 Å². The van der Waals surface area contributed by atoms with E-state index in [0.29, 0.717) is 0 Å². The van der Waals surface area contributed by atoms with Crippen LogP contribution in [0.5, 0.6) is 0 Å². The van der Waals surface area contributed by atoms with Crippen LogP contribution in [0.15, 0.2) is 102 Å². The average Bonchev–Trinajstić information content (AvgIpc) is 3.05. The normalized spacial score (nSPS) is 16.3. The van der Waals surface area contributed by atoms with Crippen LogP contribution in [0.4, 0.5) is 11.4 Å². The largest absolute Gasteiger partial charge is 0.455 e. The molecule has 124 valence electrons. The van der Waals surface area contributed by atoms with Gasteiger partial charge in [-0.3, -0.25) is 0 Å². The number of hydrogen-bond acceptors (Lipinski definition) is 2. The minimum Gasteiger partial charge on any atom is -0.455 e. The van der Waals surface area contributed by atoms with E-state index in [1.165, 1.54) is 0 Å². The molecule has 0 atom stereocenters. The van der Waals surface area contributed by atoms with Gasteiger partial charge in [-0.2, -0.15) is 0 Å². The van der Waals surface area contributed by atoms with Crippen LogP contribution >= 0.6 is 0 Å². The molecule has 2 nitrogen and oxygen atoms in total. The first-order valence-corrected chi connectivity index (χ1v) is 8.65. The number of para-hydroxylation sites is 2. The average molecular weight is 335 g/mol. The van der Waals surface area contributed by atoms with E-state index in [2.05, 4.69) is 48.0 Å². The minimum atomic E-state index is 0.884. The van der Waals surface area contributed by atoms with Gasteiger partial charge in [-0.15, -0.1) is 0 Å². The second kappa shape index (κ2) is 5.78. The molecule has 1 aromatic heterocycles. The second-order valence-electron chi connectivity index (χ2n) is 6.37. The zero-order valence-electron chi connectivity index (χ0n) is 14.2. The van der Waals surface area contributed by atoms with Crippen LogP contribution < -0.4 is 4.90 Å².